The summed E-state index contributed by atoms with van der Waals surface area (Å²) in [6.45, 7) is 6.96. The molecule has 0 aliphatic heterocycles. The van der Waals surface area contributed by atoms with Crippen molar-refractivity contribution in [3.8, 4) is 5.75 Å². The number of nitrogens with one attached hydrogen (secondary N) is 2. The van der Waals surface area contributed by atoms with Crippen molar-refractivity contribution >= 4 is 45.5 Å². The van der Waals surface area contributed by atoms with Gasteiger partial charge in [0, 0.05) is 10.4 Å². The van der Waals surface area contributed by atoms with Crippen LogP contribution in [0.3, 0.4) is 0 Å². The summed E-state index contributed by atoms with van der Waals surface area (Å²) in [6, 6.07) is 6.89. The highest BCUT2D eigenvalue weighted by atomic mass is 32.1. The standard InChI is InChI=1S/C22H27N3O3S2/c1-12(2)11-28-15-7-5-14(6-8-15)20(27)24-22(29)25-21-18(19(23)26)16-9-4-13(3)10-17(16)30-21/h5-8,12-13H,4,9-11H2,1-3H3,(H2,23,26)(H2,24,25,27,29)/t13-/m0/s1. The molecule has 6 nitrogen and oxygen atoms in total. The number of rotatable bonds is 6. The Morgan fingerprint density at radius 1 is 1.30 bits per heavy atom. The number of thiocarbonyl (C=S) groups is 1. The second kappa shape index (κ2) is 9.57. The summed E-state index contributed by atoms with van der Waals surface area (Å²) in [5.41, 5.74) is 7.60. The van der Waals surface area contributed by atoms with Crippen LogP contribution in [0.1, 0.15) is 58.3 Å². The van der Waals surface area contributed by atoms with Gasteiger partial charge in [0.2, 0.25) is 0 Å². The molecule has 2 aromatic rings. The minimum Gasteiger partial charge on any atom is -0.493 e. The number of hydrogen-bond acceptors (Lipinski definition) is 5. The maximum absolute atomic E-state index is 12.5. The molecule has 0 bridgehead atoms. The predicted octanol–water partition coefficient (Wildman–Crippen LogP) is 4.13. The number of fused-ring (bicyclic) bond motifs is 1. The average Bonchev–Trinajstić information content (AvgIpc) is 3.03. The third kappa shape index (κ3) is 5.37. The van der Waals surface area contributed by atoms with Crippen LogP contribution in [0.2, 0.25) is 0 Å². The van der Waals surface area contributed by atoms with Crippen molar-refractivity contribution in [1.82, 2.24) is 5.32 Å². The number of thiophene rings is 1. The fourth-order valence-corrected chi connectivity index (χ4v) is 5.05. The summed E-state index contributed by atoms with van der Waals surface area (Å²) in [4.78, 5) is 25.7. The lowest BCUT2D eigenvalue weighted by Gasteiger charge is -2.18. The fourth-order valence-electron chi connectivity index (χ4n) is 3.37. The molecule has 0 radical (unpaired) electrons. The second-order valence-electron chi connectivity index (χ2n) is 8.06. The lowest BCUT2D eigenvalue weighted by molar-refractivity contribution is 0.0975. The molecule has 1 atom stereocenters. The Labute approximate surface area is 186 Å². The minimum atomic E-state index is -0.476. The van der Waals surface area contributed by atoms with E-state index in [1.807, 2.05) is 0 Å². The molecule has 1 aromatic heterocycles. The van der Waals surface area contributed by atoms with E-state index in [1.54, 1.807) is 24.3 Å². The van der Waals surface area contributed by atoms with Gasteiger partial charge in [-0.15, -0.1) is 11.3 Å². The number of amides is 2. The van der Waals surface area contributed by atoms with Gasteiger partial charge in [-0.25, -0.2) is 0 Å². The number of benzene rings is 1. The molecule has 0 saturated carbocycles. The number of hydrogen-bond donors (Lipinski definition) is 3. The first-order valence-electron chi connectivity index (χ1n) is 10.0. The SMILES string of the molecule is CC(C)COc1ccc(C(=O)NC(=S)Nc2sc3c(c2C(N)=O)CC[C@H](C)C3)cc1. The third-order valence-electron chi connectivity index (χ3n) is 4.91. The summed E-state index contributed by atoms with van der Waals surface area (Å²) in [7, 11) is 0. The predicted molar refractivity (Wildman–Crippen MR) is 124 cm³/mol. The smallest absolute Gasteiger partial charge is 0.257 e. The highest BCUT2D eigenvalue weighted by Crippen LogP contribution is 2.39. The van der Waals surface area contributed by atoms with Gasteiger partial charge in [0.1, 0.15) is 10.8 Å². The molecule has 30 heavy (non-hydrogen) atoms. The van der Waals surface area contributed by atoms with Crippen molar-refractivity contribution in [2.45, 2.75) is 40.0 Å². The number of carbonyl (C=O) groups is 2. The van der Waals surface area contributed by atoms with E-state index in [2.05, 4.69) is 31.4 Å². The molecule has 3 rings (SSSR count). The number of anilines is 1. The van der Waals surface area contributed by atoms with Gasteiger partial charge in [-0.2, -0.15) is 0 Å². The highest BCUT2D eigenvalue weighted by Gasteiger charge is 2.27. The first-order valence-corrected chi connectivity index (χ1v) is 11.3. The zero-order chi connectivity index (χ0) is 21.8. The van der Waals surface area contributed by atoms with Gasteiger partial charge in [0.15, 0.2) is 5.11 Å². The van der Waals surface area contributed by atoms with Crippen LogP contribution in [-0.2, 0) is 12.8 Å². The lowest BCUT2D eigenvalue weighted by atomic mass is 9.88. The van der Waals surface area contributed by atoms with Crippen LogP contribution in [0.5, 0.6) is 5.75 Å². The maximum Gasteiger partial charge on any atom is 0.257 e. The zero-order valence-electron chi connectivity index (χ0n) is 17.4. The number of ether oxygens (including phenoxy) is 1. The molecule has 8 heteroatoms. The van der Waals surface area contributed by atoms with E-state index < -0.39 is 5.91 Å². The van der Waals surface area contributed by atoms with Gasteiger partial charge in [-0.1, -0.05) is 20.8 Å². The first kappa shape index (κ1) is 22.2. The van der Waals surface area contributed by atoms with Gasteiger partial charge in [0.25, 0.3) is 11.8 Å². The summed E-state index contributed by atoms with van der Waals surface area (Å²) < 4.78 is 5.63. The third-order valence-corrected chi connectivity index (χ3v) is 6.29. The van der Waals surface area contributed by atoms with Crippen LogP contribution < -0.4 is 21.1 Å². The van der Waals surface area contributed by atoms with E-state index in [0.717, 1.165) is 29.7 Å². The highest BCUT2D eigenvalue weighted by molar-refractivity contribution is 7.80. The van der Waals surface area contributed by atoms with Crippen molar-refractivity contribution in [3.05, 3.63) is 45.8 Å². The molecule has 1 aliphatic carbocycles. The van der Waals surface area contributed by atoms with Crippen LogP contribution >= 0.6 is 23.6 Å². The van der Waals surface area contributed by atoms with Crippen LogP contribution in [0.15, 0.2) is 24.3 Å². The van der Waals surface area contributed by atoms with Crippen LogP contribution in [0.4, 0.5) is 5.00 Å². The number of primary amides is 1. The molecule has 2 amide bonds. The Morgan fingerprint density at radius 2 is 2.00 bits per heavy atom. The molecule has 0 fully saturated rings. The molecule has 1 heterocycles. The van der Waals surface area contributed by atoms with Crippen LogP contribution in [0, 0.1) is 11.8 Å². The van der Waals surface area contributed by atoms with Gasteiger partial charge >= 0.3 is 0 Å². The zero-order valence-corrected chi connectivity index (χ0v) is 19.0. The van der Waals surface area contributed by atoms with Crippen molar-refractivity contribution in [3.63, 3.8) is 0 Å². The normalized spacial score (nSPS) is 15.4. The Hall–Kier alpha value is -2.45. The van der Waals surface area contributed by atoms with E-state index in [1.165, 1.54) is 11.3 Å². The Kier molecular flexibility index (Phi) is 7.10. The van der Waals surface area contributed by atoms with E-state index in [0.29, 0.717) is 40.3 Å². The Bertz CT molecular complexity index is 951. The van der Waals surface area contributed by atoms with E-state index >= 15 is 0 Å². The van der Waals surface area contributed by atoms with Crippen LogP contribution in [-0.4, -0.2) is 23.5 Å². The molecule has 0 spiro atoms. The Balaban J connectivity index is 1.66. The number of carbonyl (C=O) groups excluding carboxylic acids is 2. The van der Waals surface area contributed by atoms with E-state index in [9.17, 15) is 9.59 Å². The van der Waals surface area contributed by atoms with E-state index in [-0.39, 0.29) is 11.0 Å². The average molecular weight is 446 g/mol. The summed E-state index contributed by atoms with van der Waals surface area (Å²) >= 11 is 6.79. The maximum atomic E-state index is 12.5. The van der Waals surface area contributed by atoms with Crippen molar-refractivity contribution in [2.24, 2.45) is 17.6 Å². The molecular weight excluding hydrogens is 418 g/mol. The Morgan fingerprint density at radius 3 is 2.63 bits per heavy atom. The van der Waals surface area contributed by atoms with Gasteiger partial charge in [0.05, 0.1) is 12.2 Å². The van der Waals surface area contributed by atoms with Gasteiger partial charge in [-0.3, -0.25) is 14.9 Å². The molecule has 1 aromatic carbocycles. The largest absolute Gasteiger partial charge is 0.493 e. The van der Waals surface area contributed by atoms with Gasteiger partial charge < -0.3 is 15.8 Å². The first-order chi connectivity index (χ1) is 14.2. The van der Waals surface area contributed by atoms with Crippen molar-refractivity contribution < 1.29 is 14.3 Å². The summed E-state index contributed by atoms with van der Waals surface area (Å²) in [6.07, 6.45) is 2.78. The molecule has 0 saturated heterocycles. The molecular formula is C22H27N3O3S2. The lowest BCUT2D eigenvalue weighted by Crippen LogP contribution is -2.34. The second-order valence-corrected chi connectivity index (χ2v) is 9.57. The van der Waals surface area contributed by atoms with E-state index in [4.69, 9.17) is 22.7 Å². The quantitative estimate of drug-likeness (QED) is 0.581. The molecule has 1 aliphatic rings. The molecule has 0 unspecified atom stereocenters. The minimum absolute atomic E-state index is 0.134. The fraction of sp³-hybridized carbons (Fsp3) is 0.409. The number of nitrogens with two attached hydrogens (primary N) is 1. The molecule has 4 N–H and O–H groups in total. The summed E-state index contributed by atoms with van der Waals surface area (Å²) in [5.74, 6) is 0.899. The van der Waals surface area contributed by atoms with Crippen molar-refractivity contribution in [2.75, 3.05) is 11.9 Å². The monoisotopic (exact) mass is 445 g/mol. The summed E-state index contributed by atoms with van der Waals surface area (Å²) in [5, 5.41) is 6.40. The topological polar surface area (TPSA) is 93.4 Å². The molecule has 160 valence electrons. The van der Waals surface area contributed by atoms with Crippen molar-refractivity contribution in [1.29, 1.82) is 0 Å². The van der Waals surface area contributed by atoms with Crippen LogP contribution in [0.25, 0.3) is 0 Å². The van der Waals surface area contributed by atoms with Gasteiger partial charge in [-0.05, 0) is 73.1 Å².